The number of thioether (sulfide) groups is 1. The molecule has 0 saturated heterocycles. The number of aromatic nitrogens is 2. The Kier molecular flexibility index (Phi) is 7.72. The van der Waals surface area contributed by atoms with Crippen LogP contribution < -0.4 is 10.9 Å². The van der Waals surface area contributed by atoms with Gasteiger partial charge >= 0.3 is 0 Å². The molecule has 3 rings (SSSR count). The maximum atomic E-state index is 13.2. The molecule has 0 aliphatic heterocycles. The standard InChI is InChI=1S/C23H29N3O2S2/c1-5-6-14-26-22(28)19-15(2)16(3)29-21(19)25-23(26)30-17(4)20(27)24-13-12-18-10-8-7-9-11-18/h7-11,17H,5-6,12-14H2,1-4H3,(H,24,27). The van der Waals surface area contributed by atoms with Gasteiger partial charge in [0, 0.05) is 18.0 Å². The van der Waals surface area contributed by atoms with E-state index in [2.05, 4.69) is 24.4 Å². The van der Waals surface area contributed by atoms with Crippen molar-refractivity contribution in [3.8, 4) is 0 Å². The molecule has 30 heavy (non-hydrogen) atoms. The second-order valence-electron chi connectivity index (χ2n) is 7.45. The molecule has 160 valence electrons. The van der Waals surface area contributed by atoms with Gasteiger partial charge in [-0.25, -0.2) is 4.98 Å². The Hall–Kier alpha value is -2.12. The number of thiophene rings is 1. The van der Waals surface area contributed by atoms with Crippen LogP contribution in [0.25, 0.3) is 10.2 Å². The number of benzene rings is 1. The van der Waals surface area contributed by atoms with E-state index < -0.39 is 0 Å². The summed E-state index contributed by atoms with van der Waals surface area (Å²) < 4.78 is 1.75. The van der Waals surface area contributed by atoms with E-state index in [0.717, 1.165) is 39.9 Å². The molecule has 5 nitrogen and oxygen atoms in total. The molecule has 1 unspecified atom stereocenters. The zero-order valence-electron chi connectivity index (χ0n) is 18.0. The second-order valence-corrected chi connectivity index (χ2v) is 9.97. The number of carbonyl (C=O) groups excluding carboxylic acids is 1. The molecule has 1 atom stereocenters. The molecule has 1 amide bonds. The van der Waals surface area contributed by atoms with Gasteiger partial charge in [0.2, 0.25) is 5.91 Å². The summed E-state index contributed by atoms with van der Waals surface area (Å²) >= 11 is 2.91. The summed E-state index contributed by atoms with van der Waals surface area (Å²) in [6.07, 6.45) is 2.69. The molecule has 0 fully saturated rings. The van der Waals surface area contributed by atoms with Crippen molar-refractivity contribution in [2.75, 3.05) is 6.54 Å². The lowest BCUT2D eigenvalue weighted by Gasteiger charge is -2.15. The minimum Gasteiger partial charge on any atom is -0.355 e. The van der Waals surface area contributed by atoms with Crippen LogP contribution in [-0.2, 0) is 17.8 Å². The number of carbonyl (C=O) groups is 1. The summed E-state index contributed by atoms with van der Waals surface area (Å²) in [4.78, 5) is 32.5. The number of hydrogen-bond acceptors (Lipinski definition) is 5. The average Bonchev–Trinajstić information content (AvgIpc) is 3.02. The van der Waals surface area contributed by atoms with Gasteiger partial charge in [-0.3, -0.25) is 14.2 Å². The van der Waals surface area contributed by atoms with Gasteiger partial charge < -0.3 is 5.32 Å². The maximum Gasteiger partial charge on any atom is 0.263 e. The first kappa shape index (κ1) is 22.6. The normalized spacial score (nSPS) is 12.3. The molecule has 1 aromatic carbocycles. The Labute approximate surface area is 185 Å². The molecule has 0 radical (unpaired) electrons. The lowest BCUT2D eigenvalue weighted by Crippen LogP contribution is -2.33. The Morgan fingerprint density at radius 2 is 2.00 bits per heavy atom. The van der Waals surface area contributed by atoms with Crippen LogP contribution in [0, 0.1) is 13.8 Å². The summed E-state index contributed by atoms with van der Waals surface area (Å²) in [6, 6.07) is 10.1. The lowest BCUT2D eigenvalue weighted by atomic mass is 10.1. The molecule has 0 bridgehead atoms. The third kappa shape index (κ3) is 5.13. The highest BCUT2D eigenvalue weighted by Gasteiger charge is 2.21. The van der Waals surface area contributed by atoms with E-state index in [1.54, 1.807) is 15.9 Å². The van der Waals surface area contributed by atoms with Crippen LogP contribution in [0.5, 0.6) is 0 Å². The number of aryl methyl sites for hydroxylation is 2. The summed E-state index contributed by atoms with van der Waals surface area (Å²) in [5.41, 5.74) is 2.22. The quantitative estimate of drug-likeness (QED) is 0.384. The highest BCUT2D eigenvalue weighted by molar-refractivity contribution is 8.00. The van der Waals surface area contributed by atoms with Gasteiger partial charge in [-0.05, 0) is 44.7 Å². The van der Waals surface area contributed by atoms with Crippen molar-refractivity contribution < 1.29 is 4.79 Å². The van der Waals surface area contributed by atoms with Crippen LogP contribution in [0.2, 0.25) is 0 Å². The molecule has 0 spiro atoms. The van der Waals surface area contributed by atoms with Crippen molar-refractivity contribution in [2.45, 2.75) is 63.9 Å². The fourth-order valence-electron chi connectivity index (χ4n) is 3.24. The molecule has 7 heteroatoms. The van der Waals surface area contributed by atoms with Gasteiger partial charge in [0.15, 0.2) is 5.16 Å². The zero-order valence-corrected chi connectivity index (χ0v) is 19.7. The van der Waals surface area contributed by atoms with Gasteiger partial charge in [0.05, 0.1) is 10.6 Å². The van der Waals surface area contributed by atoms with E-state index in [0.29, 0.717) is 18.2 Å². The largest absolute Gasteiger partial charge is 0.355 e. The van der Waals surface area contributed by atoms with Crippen molar-refractivity contribution in [3.05, 3.63) is 56.7 Å². The maximum absolute atomic E-state index is 13.2. The van der Waals surface area contributed by atoms with Crippen LogP contribution in [0.3, 0.4) is 0 Å². The number of hydrogen-bond donors (Lipinski definition) is 1. The predicted molar refractivity (Wildman–Crippen MR) is 127 cm³/mol. The Bertz CT molecular complexity index is 1070. The van der Waals surface area contributed by atoms with Crippen molar-refractivity contribution in [2.24, 2.45) is 0 Å². The first-order valence-corrected chi connectivity index (χ1v) is 12.1. The van der Waals surface area contributed by atoms with E-state index in [-0.39, 0.29) is 16.7 Å². The first-order chi connectivity index (χ1) is 14.4. The van der Waals surface area contributed by atoms with Crippen LogP contribution >= 0.6 is 23.1 Å². The minimum atomic E-state index is -0.333. The monoisotopic (exact) mass is 443 g/mol. The number of amides is 1. The predicted octanol–water partition coefficient (Wildman–Crippen LogP) is 4.71. The van der Waals surface area contributed by atoms with Crippen molar-refractivity contribution in [1.29, 1.82) is 0 Å². The molecule has 2 heterocycles. The lowest BCUT2D eigenvalue weighted by molar-refractivity contribution is -0.120. The SMILES string of the molecule is CCCCn1c(SC(C)C(=O)NCCc2ccccc2)nc2sc(C)c(C)c2c1=O. The van der Waals surface area contributed by atoms with Crippen molar-refractivity contribution in [1.82, 2.24) is 14.9 Å². The van der Waals surface area contributed by atoms with Crippen molar-refractivity contribution in [3.63, 3.8) is 0 Å². The fourth-order valence-corrected chi connectivity index (χ4v) is 5.27. The Morgan fingerprint density at radius 1 is 1.27 bits per heavy atom. The van der Waals surface area contributed by atoms with Gasteiger partial charge in [-0.1, -0.05) is 55.4 Å². The van der Waals surface area contributed by atoms with Gasteiger partial charge in [0.25, 0.3) is 5.56 Å². The van der Waals surface area contributed by atoms with E-state index in [9.17, 15) is 9.59 Å². The summed E-state index contributed by atoms with van der Waals surface area (Å²) in [5.74, 6) is -0.0362. The average molecular weight is 444 g/mol. The molecular weight excluding hydrogens is 414 g/mol. The zero-order chi connectivity index (χ0) is 21.7. The minimum absolute atomic E-state index is 0.00878. The van der Waals surface area contributed by atoms with Crippen LogP contribution in [-0.4, -0.2) is 27.3 Å². The number of rotatable bonds is 9. The van der Waals surface area contributed by atoms with E-state index in [1.807, 2.05) is 39.0 Å². The van der Waals surface area contributed by atoms with E-state index >= 15 is 0 Å². The third-order valence-corrected chi connectivity index (χ3v) is 7.39. The molecule has 2 aromatic heterocycles. The number of nitrogens with one attached hydrogen (secondary N) is 1. The molecule has 0 saturated carbocycles. The molecular formula is C23H29N3O2S2. The second kappa shape index (κ2) is 10.3. The van der Waals surface area contributed by atoms with E-state index in [4.69, 9.17) is 4.98 Å². The highest BCUT2D eigenvalue weighted by Crippen LogP contribution is 2.29. The number of unbranched alkanes of at least 4 members (excludes halogenated alkanes) is 1. The van der Waals surface area contributed by atoms with Gasteiger partial charge in [-0.15, -0.1) is 11.3 Å². The van der Waals surface area contributed by atoms with Crippen LogP contribution in [0.4, 0.5) is 0 Å². The highest BCUT2D eigenvalue weighted by atomic mass is 32.2. The van der Waals surface area contributed by atoms with Crippen LogP contribution in [0.15, 0.2) is 40.3 Å². The molecule has 1 N–H and O–H groups in total. The molecule has 0 aliphatic carbocycles. The fraction of sp³-hybridized carbons (Fsp3) is 0.435. The molecule has 0 aliphatic rings. The van der Waals surface area contributed by atoms with Crippen molar-refractivity contribution >= 4 is 39.2 Å². The molecule has 3 aromatic rings. The Balaban J connectivity index is 1.75. The number of fused-ring (bicyclic) bond motifs is 1. The summed E-state index contributed by atoms with van der Waals surface area (Å²) in [7, 11) is 0. The smallest absolute Gasteiger partial charge is 0.263 e. The first-order valence-electron chi connectivity index (χ1n) is 10.4. The van der Waals surface area contributed by atoms with Gasteiger partial charge in [0.1, 0.15) is 4.83 Å². The van der Waals surface area contributed by atoms with Gasteiger partial charge in [-0.2, -0.15) is 0 Å². The summed E-state index contributed by atoms with van der Waals surface area (Å²) in [6.45, 7) is 9.19. The summed E-state index contributed by atoms with van der Waals surface area (Å²) in [5, 5.41) is 4.03. The van der Waals surface area contributed by atoms with Crippen LogP contribution in [0.1, 0.15) is 42.7 Å². The number of nitrogens with zero attached hydrogens (tertiary/aromatic N) is 2. The Morgan fingerprint density at radius 3 is 2.70 bits per heavy atom. The van der Waals surface area contributed by atoms with E-state index in [1.165, 1.54) is 17.3 Å². The topological polar surface area (TPSA) is 64.0 Å². The third-order valence-electron chi connectivity index (χ3n) is 5.20.